The summed E-state index contributed by atoms with van der Waals surface area (Å²) >= 11 is 0. The molecule has 3 nitrogen and oxygen atoms in total. The van der Waals surface area contributed by atoms with E-state index in [1.165, 1.54) is 6.21 Å². The molecular formula is C9H16N2O. The maximum absolute atomic E-state index is 7.56. The minimum Gasteiger partial charge on any atom is -0.373 e. The third kappa shape index (κ3) is 4.23. The van der Waals surface area contributed by atoms with E-state index in [2.05, 4.69) is 0 Å². The lowest BCUT2D eigenvalue weighted by atomic mass is 10.1. The van der Waals surface area contributed by atoms with E-state index in [4.69, 9.17) is 15.6 Å². The van der Waals surface area contributed by atoms with Gasteiger partial charge in [0.2, 0.25) is 0 Å². The molecule has 0 spiro atoms. The number of hydrogen-bond acceptors (Lipinski definition) is 3. The molecule has 0 bridgehead atoms. The summed E-state index contributed by atoms with van der Waals surface area (Å²) in [5.74, 6) is 0. The normalized spacial score (nSPS) is 20.5. The van der Waals surface area contributed by atoms with E-state index in [0.717, 1.165) is 44.4 Å². The maximum Gasteiger partial charge on any atom is 0.0861 e. The lowest BCUT2D eigenvalue weighted by Gasteiger charge is -1.99. The van der Waals surface area contributed by atoms with Crippen LogP contribution in [0.25, 0.3) is 0 Å². The minimum atomic E-state index is 0.361. The average Bonchev–Trinajstić information content (AvgIpc) is 2.82. The third-order valence-corrected chi connectivity index (χ3v) is 1.95. The molecule has 2 N–H and O–H groups in total. The van der Waals surface area contributed by atoms with Crippen molar-refractivity contribution in [2.45, 2.75) is 38.2 Å². The number of epoxide rings is 1. The zero-order chi connectivity index (χ0) is 8.81. The second kappa shape index (κ2) is 5.04. The summed E-state index contributed by atoms with van der Waals surface area (Å²) in [6.07, 6.45) is 6.44. The Hall–Kier alpha value is -0.700. The number of hydrogen-bond donors (Lipinski definition) is 2. The highest BCUT2D eigenvalue weighted by atomic mass is 16.6. The molecule has 1 aliphatic heterocycles. The van der Waals surface area contributed by atoms with Crippen LogP contribution in [-0.4, -0.2) is 24.6 Å². The van der Waals surface area contributed by atoms with Gasteiger partial charge in [0.25, 0.3) is 0 Å². The summed E-state index contributed by atoms with van der Waals surface area (Å²) in [7, 11) is 0. The number of rotatable bonds is 7. The first kappa shape index (κ1) is 9.39. The van der Waals surface area contributed by atoms with Crippen molar-refractivity contribution in [3.63, 3.8) is 0 Å². The van der Waals surface area contributed by atoms with Crippen LogP contribution in [0.1, 0.15) is 32.1 Å². The Morgan fingerprint density at radius 1 is 1.50 bits per heavy atom. The summed E-state index contributed by atoms with van der Waals surface area (Å²) in [6.45, 7) is 0.850. The molecule has 0 aromatic heterocycles. The lowest BCUT2D eigenvalue weighted by Crippen LogP contribution is -2.00. The first-order chi connectivity index (χ1) is 5.83. The molecule has 0 aliphatic carbocycles. The van der Waals surface area contributed by atoms with Gasteiger partial charge in [0.1, 0.15) is 0 Å². The Labute approximate surface area is 73.1 Å². The lowest BCUT2D eigenvalue weighted by molar-refractivity contribution is 0.413. The smallest absolute Gasteiger partial charge is 0.0861 e. The molecule has 1 atom stereocenters. The standard InChI is InChI=1S/C9H16N2O/c10-5-3-1-2-4-8(11)6-9-7-12-9/h5,9-11H,1-4,6-7H2. The topological polar surface area (TPSA) is 60.2 Å². The highest BCUT2D eigenvalue weighted by Crippen LogP contribution is 2.15. The zero-order valence-corrected chi connectivity index (χ0v) is 7.31. The molecule has 12 heavy (non-hydrogen) atoms. The van der Waals surface area contributed by atoms with Crippen molar-refractivity contribution in [3.8, 4) is 0 Å². The average molecular weight is 168 g/mol. The third-order valence-electron chi connectivity index (χ3n) is 1.95. The van der Waals surface area contributed by atoms with E-state index in [9.17, 15) is 0 Å². The molecule has 3 heteroatoms. The molecule has 1 unspecified atom stereocenters. The van der Waals surface area contributed by atoms with Crippen LogP contribution in [0.5, 0.6) is 0 Å². The van der Waals surface area contributed by atoms with Crippen LogP contribution in [0.15, 0.2) is 0 Å². The molecule has 1 aliphatic rings. The van der Waals surface area contributed by atoms with Gasteiger partial charge in [0.15, 0.2) is 0 Å². The van der Waals surface area contributed by atoms with Crippen LogP contribution in [-0.2, 0) is 4.74 Å². The van der Waals surface area contributed by atoms with Gasteiger partial charge in [-0.1, -0.05) is 0 Å². The van der Waals surface area contributed by atoms with Gasteiger partial charge in [0, 0.05) is 12.1 Å². The quantitative estimate of drug-likeness (QED) is 0.341. The second-order valence-electron chi connectivity index (χ2n) is 3.21. The summed E-state index contributed by atoms with van der Waals surface area (Å²) in [4.78, 5) is 0. The molecular weight excluding hydrogens is 152 g/mol. The number of nitrogens with one attached hydrogen (secondary N) is 2. The van der Waals surface area contributed by atoms with Crippen molar-refractivity contribution in [3.05, 3.63) is 0 Å². The summed E-state index contributed by atoms with van der Waals surface area (Å²) in [6, 6.07) is 0. The Bertz CT molecular complexity index is 164. The summed E-state index contributed by atoms with van der Waals surface area (Å²) in [5.41, 5.74) is 0.808. The Kier molecular flexibility index (Phi) is 3.94. The minimum absolute atomic E-state index is 0.361. The number of ether oxygens (including phenoxy) is 1. The molecule has 0 amide bonds. The van der Waals surface area contributed by atoms with Crippen LogP contribution in [0.2, 0.25) is 0 Å². The molecule has 1 rings (SSSR count). The molecule has 68 valence electrons. The first-order valence-electron chi connectivity index (χ1n) is 4.49. The van der Waals surface area contributed by atoms with E-state index in [1.807, 2.05) is 0 Å². The molecule has 0 aromatic rings. The second-order valence-corrected chi connectivity index (χ2v) is 3.21. The van der Waals surface area contributed by atoms with Crippen molar-refractivity contribution >= 4 is 11.9 Å². The molecule has 0 radical (unpaired) electrons. The Morgan fingerprint density at radius 2 is 2.25 bits per heavy atom. The van der Waals surface area contributed by atoms with Crippen molar-refractivity contribution in [1.29, 1.82) is 10.8 Å². The van der Waals surface area contributed by atoms with E-state index >= 15 is 0 Å². The van der Waals surface area contributed by atoms with Crippen molar-refractivity contribution in [2.75, 3.05) is 6.61 Å². The van der Waals surface area contributed by atoms with Crippen molar-refractivity contribution in [2.24, 2.45) is 0 Å². The van der Waals surface area contributed by atoms with Gasteiger partial charge < -0.3 is 15.6 Å². The Balaban J connectivity index is 1.90. The monoisotopic (exact) mass is 168 g/mol. The maximum atomic E-state index is 7.56. The molecule has 0 aromatic carbocycles. The van der Waals surface area contributed by atoms with Gasteiger partial charge in [-0.15, -0.1) is 0 Å². The van der Waals surface area contributed by atoms with Crippen LogP contribution < -0.4 is 0 Å². The largest absolute Gasteiger partial charge is 0.373 e. The van der Waals surface area contributed by atoms with Crippen LogP contribution in [0.4, 0.5) is 0 Å². The van der Waals surface area contributed by atoms with Crippen LogP contribution in [0, 0.1) is 10.8 Å². The highest BCUT2D eigenvalue weighted by Gasteiger charge is 2.23. The highest BCUT2D eigenvalue weighted by molar-refractivity contribution is 5.82. The molecule has 1 saturated heterocycles. The van der Waals surface area contributed by atoms with E-state index in [0.29, 0.717) is 6.10 Å². The summed E-state index contributed by atoms with van der Waals surface area (Å²) in [5, 5.41) is 14.4. The van der Waals surface area contributed by atoms with Gasteiger partial charge in [0.05, 0.1) is 12.7 Å². The van der Waals surface area contributed by atoms with Gasteiger partial charge >= 0.3 is 0 Å². The predicted octanol–water partition coefficient (Wildman–Crippen LogP) is 2.01. The van der Waals surface area contributed by atoms with Crippen LogP contribution >= 0.6 is 0 Å². The molecule has 1 fully saturated rings. The fourth-order valence-electron chi connectivity index (χ4n) is 1.15. The SMILES string of the molecule is N=CCCCCC(=N)CC1CO1. The number of unbranched alkanes of at least 4 members (excludes halogenated alkanes) is 2. The van der Waals surface area contributed by atoms with E-state index in [-0.39, 0.29) is 0 Å². The van der Waals surface area contributed by atoms with Crippen molar-refractivity contribution < 1.29 is 4.74 Å². The fourth-order valence-corrected chi connectivity index (χ4v) is 1.15. The van der Waals surface area contributed by atoms with Gasteiger partial charge in [-0.25, -0.2) is 0 Å². The summed E-state index contributed by atoms with van der Waals surface area (Å²) < 4.78 is 5.03. The van der Waals surface area contributed by atoms with Crippen LogP contribution in [0.3, 0.4) is 0 Å². The first-order valence-corrected chi connectivity index (χ1v) is 4.49. The van der Waals surface area contributed by atoms with Gasteiger partial charge in [-0.05, 0) is 31.9 Å². The zero-order valence-electron chi connectivity index (χ0n) is 7.31. The Morgan fingerprint density at radius 3 is 2.83 bits per heavy atom. The van der Waals surface area contributed by atoms with E-state index in [1.54, 1.807) is 0 Å². The van der Waals surface area contributed by atoms with Gasteiger partial charge in [-0.3, -0.25) is 0 Å². The van der Waals surface area contributed by atoms with E-state index < -0.39 is 0 Å². The van der Waals surface area contributed by atoms with Crippen molar-refractivity contribution in [1.82, 2.24) is 0 Å². The molecule has 0 saturated carbocycles. The van der Waals surface area contributed by atoms with Gasteiger partial charge in [-0.2, -0.15) is 0 Å². The predicted molar refractivity (Wildman–Crippen MR) is 49.3 cm³/mol. The molecule has 1 heterocycles. The fraction of sp³-hybridized carbons (Fsp3) is 0.778.